The molecule has 0 saturated carbocycles. The van der Waals surface area contributed by atoms with E-state index in [0.717, 1.165) is 45.7 Å². The molecule has 0 N–H and O–H groups in total. The highest BCUT2D eigenvalue weighted by Crippen LogP contribution is 2.33. The minimum Gasteiger partial charge on any atom is -0.383 e. The first kappa shape index (κ1) is 19.8. The number of rotatable bonds is 6. The van der Waals surface area contributed by atoms with Gasteiger partial charge in [-0.2, -0.15) is 0 Å². The van der Waals surface area contributed by atoms with Crippen molar-refractivity contribution in [2.45, 2.75) is 53.0 Å². The number of ether oxygens (including phenoxy) is 1. The van der Waals surface area contributed by atoms with E-state index in [0.29, 0.717) is 17.5 Å². The summed E-state index contributed by atoms with van der Waals surface area (Å²) in [6, 6.07) is 6.62. The van der Waals surface area contributed by atoms with Crippen LogP contribution in [-0.4, -0.2) is 28.3 Å². The summed E-state index contributed by atoms with van der Waals surface area (Å²) in [6.45, 7) is 11.3. The Morgan fingerprint density at radius 2 is 1.93 bits per heavy atom. The lowest BCUT2D eigenvalue weighted by molar-refractivity contribution is 0.164. The van der Waals surface area contributed by atoms with Crippen molar-refractivity contribution >= 4 is 22.6 Å². The molecule has 3 aromatic rings. The third-order valence-corrected chi connectivity index (χ3v) is 5.29. The highest BCUT2D eigenvalue weighted by molar-refractivity contribution is 6.35. The van der Waals surface area contributed by atoms with Gasteiger partial charge in [0.2, 0.25) is 0 Å². The maximum atomic E-state index is 6.53. The Morgan fingerprint density at radius 1 is 1.19 bits per heavy atom. The Hall–Kier alpha value is -1.91. The second kappa shape index (κ2) is 7.99. The lowest BCUT2D eigenvalue weighted by Gasteiger charge is -2.16. The Balaban J connectivity index is 2.17. The number of pyridine rings is 2. The molecule has 144 valence electrons. The fourth-order valence-electron chi connectivity index (χ4n) is 3.51. The Morgan fingerprint density at radius 3 is 2.56 bits per heavy atom. The largest absolute Gasteiger partial charge is 0.383 e. The molecule has 0 amide bonds. The van der Waals surface area contributed by atoms with Gasteiger partial charge in [-0.3, -0.25) is 4.98 Å². The average molecular weight is 386 g/mol. The fourth-order valence-corrected chi connectivity index (χ4v) is 3.75. The molecule has 0 saturated heterocycles. The molecule has 0 aliphatic rings. The summed E-state index contributed by atoms with van der Waals surface area (Å²) in [7, 11) is 1.71. The first-order valence-corrected chi connectivity index (χ1v) is 9.91. The van der Waals surface area contributed by atoms with E-state index in [9.17, 15) is 0 Å². The van der Waals surface area contributed by atoms with Crippen molar-refractivity contribution < 1.29 is 4.74 Å². The standard InChI is InChI=1S/C22H28ClN3O/c1-7-18-16(8-9-19(24-18)13(2)3)21-14(4)10-20-22(25-21)17(23)11-26(20)15(5)12-27-6/h8-11,13,15H,7,12H2,1-6H3/t15-/m0/s1. The van der Waals surface area contributed by atoms with E-state index >= 15 is 0 Å². The van der Waals surface area contributed by atoms with Crippen molar-refractivity contribution in [2.24, 2.45) is 0 Å². The Kier molecular flexibility index (Phi) is 5.87. The maximum Gasteiger partial charge on any atom is 0.107 e. The Labute approximate surface area is 166 Å². The van der Waals surface area contributed by atoms with Gasteiger partial charge in [0, 0.05) is 30.3 Å². The lowest BCUT2D eigenvalue weighted by Crippen LogP contribution is -2.10. The van der Waals surface area contributed by atoms with Gasteiger partial charge in [-0.05, 0) is 49.9 Å². The summed E-state index contributed by atoms with van der Waals surface area (Å²) in [6.07, 6.45) is 2.82. The van der Waals surface area contributed by atoms with Crippen LogP contribution in [0.25, 0.3) is 22.3 Å². The van der Waals surface area contributed by atoms with Gasteiger partial charge in [0.15, 0.2) is 0 Å². The van der Waals surface area contributed by atoms with Gasteiger partial charge in [0.05, 0.1) is 28.9 Å². The van der Waals surface area contributed by atoms with E-state index in [4.69, 9.17) is 26.3 Å². The van der Waals surface area contributed by atoms with E-state index in [1.165, 1.54) is 0 Å². The molecule has 0 spiro atoms. The molecule has 0 unspecified atom stereocenters. The smallest absolute Gasteiger partial charge is 0.107 e. The molecule has 4 nitrogen and oxygen atoms in total. The monoisotopic (exact) mass is 385 g/mol. The molecule has 5 heteroatoms. The zero-order valence-electron chi connectivity index (χ0n) is 17.0. The van der Waals surface area contributed by atoms with Crippen LogP contribution in [0.2, 0.25) is 5.02 Å². The molecule has 0 aliphatic carbocycles. The van der Waals surface area contributed by atoms with Crippen molar-refractivity contribution in [2.75, 3.05) is 13.7 Å². The van der Waals surface area contributed by atoms with Crippen LogP contribution in [0.15, 0.2) is 24.4 Å². The second-order valence-electron chi connectivity index (χ2n) is 7.45. The number of fused-ring (bicyclic) bond motifs is 1. The molecular weight excluding hydrogens is 358 g/mol. The summed E-state index contributed by atoms with van der Waals surface area (Å²) in [5, 5.41) is 0.666. The number of methoxy groups -OCH3 is 1. The lowest BCUT2D eigenvalue weighted by atomic mass is 10.0. The van der Waals surface area contributed by atoms with Crippen molar-refractivity contribution in [1.82, 2.24) is 14.5 Å². The molecule has 0 fully saturated rings. The van der Waals surface area contributed by atoms with Crippen LogP contribution in [0.3, 0.4) is 0 Å². The molecule has 1 atom stereocenters. The number of halogens is 1. The summed E-state index contributed by atoms with van der Waals surface area (Å²) < 4.78 is 7.45. The van der Waals surface area contributed by atoms with Crippen LogP contribution in [0.1, 0.15) is 56.6 Å². The number of hydrogen-bond acceptors (Lipinski definition) is 3. The van der Waals surface area contributed by atoms with Crippen LogP contribution in [-0.2, 0) is 11.2 Å². The fraction of sp³-hybridized carbons (Fsp3) is 0.455. The minimum absolute atomic E-state index is 0.190. The normalized spacial score (nSPS) is 12.9. The van der Waals surface area contributed by atoms with Crippen LogP contribution < -0.4 is 0 Å². The zero-order valence-corrected chi connectivity index (χ0v) is 17.8. The van der Waals surface area contributed by atoms with Gasteiger partial charge in [-0.15, -0.1) is 0 Å². The predicted molar refractivity (Wildman–Crippen MR) is 113 cm³/mol. The van der Waals surface area contributed by atoms with Crippen LogP contribution in [0.5, 0.6) is 0 Å². The summed E-state index contributed by atoms with van der Waals surface area (Å²) in [5.41, 5.74) is 7.24. The SMILES string of the molecule is CCc1nc(C(C)C)ccc1-c1nc2c(Cl)cn([C@@H](C)COC)c2cc1C. The molecule has 3 heterocycles. The number of hydrogen-bond donors (Lipinski definition) is 0. The van der Waals surface area contributed by atoms with E-state index < -0.39 is 0 Å². The average Bonchev–Trinajstić information content (AvgIpc) is 2.96. The third-order valence-electron chi connectivity index (χ3n) is 5.01. The molecule has 0 radical (unpaired) electrons. The first-order valence-electron chi connectivity index (χ1n) is 9.54. The quantitative estimate of drug-likeness (QED) is 0.526. The van der Waals surface area contributed by atoms with Gasteiger partial charge in [-0.1, -0.05) is 32.4 Å². The zero-order chi connectivity index (χ0) is 19.7. The van der Waals surface area contributed by atoms with Crippen LogP contribution >= 0.6 is 11.6 Å². The molecule has 0 aromatic carbocycles. The molecule has 0 bridgehead atoms. The van der Waals surface area contributed by atoms with Crippen molar-refractivity contribution in [3.05, 3.63) is 46.4 Å². The van der Waals surface area contributed by atoms with E-state index in [2.05, 4.69) is 57.4 Å². The predicted octanol–water partition coefficient (Wildman–Crippen LogP) is 5.95. The van der Waals surface area contributed by atoms with E-state index in [1.54, 1.807) is 7.11 Å². The van der Waals surface area contributed by atoms with Crippen molar-refractivity contribution in [1.29, 1.82) is 0 Å². The number of aromatic nitrogens is 3. The van der Waals surface area contributed by atoms with Crippen LogP contribution in [0.4, 0.5) is 0 Å². The number of aryl methyl sites for hydroxylation is 2. The molecule has 3 aromatic heterocycles. The van der Waals surface area contributed by atoms with Gasteiger partial charge >= 0.3 is 0 Å². The Bertz CT molecular complexity index is 962. The second-order valence-corrected chi connectivity index (χ2v) is 7.86. The van der Waals surface area contributed by atoms with E-state index in [1.807, 2.05) is 6.20 Å². The van der Waals surface area contributed by atoms with Gasteiger partial charge < -0.3 is 9.30 Å². The summed E-state index contributed by atoms with van der Waals surface area (Å²) in [4.78, 5) is 9.83. The first-order chi connectivity index (χ1) is 12.9. The van der Waals surface area contributed by atoms with Gasteiger partial charge in [-0.25, -0.2) is 4.98 Å². The molecule has 27 heavy (non-hydrogen) atoms. The van der Waals surface area contributed by atoms with E-state index in [-0.39, 0.29) is 6.04 Å². The maximum absolute atomic E-state index is 6.53. The summed E-state index contributed by atoms with van der Waals surface area (Å²) in [5.74, 6) is 0.409. The van der Waals surface area contributed by atoms with Gasteiger partial charge in [0.25, 0.3) is 0 Å². The highest BCUT2D eigenvalue weighted by Gasteiger charge is 2.18. The highest BCUT2D eigenvalue weighted by atomic mass is 35.5. The molecule has 3 rings (SSSR count). The molecular formula is C22H28ClN3O. The third kappa shape index (κ3) is 3.74. The van der Waals surface area contributed by atoms with Crippen molar-refractivity contribution in [3.63, 3.8) is 0 Å². The van der Waals surface area contributed by atoms with Crippen LogP contribution in [0, 0.1) is 6.92 Å². The topological polar surface area (TPSA) is 39.9 Å². The molecule has 0 aliphatic heterocycles. The van der Waals surface area contributed by atoms with Gasteiger partial charge in [0.1, 0.15) is 5.52 Å². The minimum atomic E-state index is 0.190. The number of nitrogens with zero attached hydrogens (tertiary/aromatic N) is 3. The summed E-state index contributed by atoms with van der Waals surface area (Å²) >= 11 is 6.53. The van der Waals surface area contributed by atoms with Crippen molar-refractivity contribution in [3.8, 4) is 11.3 Å².